The second-order valence-corrected chi connectivity index (χ2v) is 4.41. The van der Waals surface area contributed by atoms with Gasteiger partial charge in [-0.25, -0.2) is 12.8 Å². The molecule has 13 heavy (non-hydrogen) atoms. The van der Waals surface area contributed by atoms with Gasteiger partial charge in [0.2, 0.25) is 10.0 Å². The Bertz CT molecular complexity index is 417. The number of sulfonamides is 1. The number of nitrogens with zero attached hydrogens (tertiary/aromatic N) is 1. The lowest BCUT2D eigenvalue weighted by atomic mass is 10.3. The van der Waals surface area contributed by atoms with Gasteiger partial charge >= 0.3 is 0 Å². The topological polar surface area (TPSA) is 59.1 Å². The molecule has 0 radical (unpaired) electrons. The largest absolute Gasteiger partial charge is 0.282 e. The molecule has 1 N–H and O–H groups in total. The highest BCUT2D eigenvalue weighted by Crippen LogP contribution is 2.13. The molecule has 0 saturated heterocycles. The number of nitrogens with one attached hydrogen (secondary N) is 1. The first-order valence-electron chi connectivity index (χ1n) is 3.48. The predicted octanol–water partition coefficient (Wildman–Crippen LogP) is 0.901. The van der Waals surface area contributed by atoms with Gasteiger partial charge in [-0.15, -0.1) is 0 Å². The van der Waals surface area contributed by atoms with Crippen LogP contribution in [0, 0.1) is 12.7 Å². The molecule has 0 bridgehead atoms. The van der Waals surface area contributed by atoms with Crippen molar-refractivity contribution in [2.45, 2.75) is 6.92 Å². The number of pyridine rings is 1. The molecule has 1 aromatic heterocycles. The molecule has 6 heteroatoms. The number of hydrogen-bond acceptors (Lipinski definition) is 3. The van der Waals surface area contributed by atoms with E-state index in [1.807, 2.05) is 0 Å². The zero-order valence-corrected chi connectivity index (χ0v) is 8.02. The van der Waals surface area contributed by atoms with E-state index in [9.17, 15) is 12.8 Å². The number of halogens is 1. The summed E-state index contributed by atoms with van der Waals surface area (Å²) in [5.41, 5.74) is 0.606. The van der Waals surface area contributed by atoms with Crippen LogP contribution in [0.25, 0.3) is 0 Å². The van der Waals surface area contributed by atoms with Crippen LogP contribution in [-0.4, -0.2) is 19.7 Å². The van der Waals surface area contributed by atoms with E-state index in [0.29, 0.717) is 5.69 Å². The molecule has 0 aliphatic carbocycles. The molecule has 0 spiro atoms. The van der Waals surface area contributed by atoms with Crippen molar-refractivity contribution in [3.63, 3.8) is 0 Å². The zero-order valence-electron chi connectivity index (χ0n) is 7.20. The summed E-state index contributed by atoms with van der Waals surface area (Å²) >= 11 is 0. The highest BCUT2D eigenvalue weighted by molar-refractivity contribution is 7.92. The third-order valence-corrected chi connectivity index (χ3v) is 1.94. The molecule has 0 saturated carbocycles. The van der Waals surface area contributed by atoms with Crippen LogP contribution in [0.4, 0.5) is 10.1 Å². The summed E-state index contributed by atoms with van der Waals surface area (Å²) < 4.78 is 36.4. The minimum atomic E-state index is -3.37. The lowest BCUT2D eigenvalue weighted by molar-refractivity contribution is 0.606. The van der Waals surface area contributed by atoms with E-state index in [0.717, 1.165) is 18.5 Å². The molecule has 0 unspecified atom stereocenters. The monoisotopic (exact) mass is 204 g/mol. The first-order chi connectivity index (χ1) is 5.88. The van der Waals surface area contributed by atoms with Crippen molar-refractivity contribution in [2.24, 2.45) is 0 Å². The Labute approximate surface area is 75.9 Å². The second kappa shape index (κ2) is 3.29. The molecule has 0 aliphatic rings. The van der Waals surface area contributed by atoms with E-state index in [-0.39, 0.29) is 5.69 Å². The van der Waals surface area contributed by atoms with Gasteiger partial charge in [0.15, 0.2) is 0 Å². The molecule has 1 rings (SSSR count). The van der Waals surface area contributed by atoms with Gasteiger partial charge in [-0.05, 0) is 6.92 Å². The first-order valence-corrected chi connectivity index (χ1v) is 5.37. The van der Waals surface area contributed by atoms with Gasteiger partial charge in [0, 0.05) is 6.07 Å². The Morgan fingerprint density at radius 2 is 2.15 bits per heavy atom. The molecular formula is C7H9FN2O2S. The molecule has 0 aromatic carbocycles. The van der Waals surface area contributed by atoms with E-state index >= 15 is 0 Å². The van der Waals surface area contributed by atoms with Gasteiger partial charge < -0.3 is 0 Å². The lowest BCUT2D eigenvalue weighted by Gasteiger charge is -2.05. The highest BCUT2D eigenvalue weighted by atomic mass is 32.2. The van der Waals surface area contributed by atoms with Crippen molar-refractivity contribution in [1.29, 1.82) is 0 Å². The highest BCUT2D eigenvalue weighted by Gasteiger charge is 2.06. The Morgan fingerprint density at radius 3 is 2.69 bits per heavy atom. The maximum atomic E-state index is 12.6. The number of anilines is 1. The molecule has 0 atom stereocenters. The summed E-state index contributed by atoms with van der Waals surface area (Å²) in [5, 5.41) is 0. The van der Waals surface area contributed by atoms with Crippen LogP contribution in [0.1, 0.15) is 5.69 Å². The molecule has 0 fully saturated rings. The fourth-order valence-corrected chi connectivity index (χ4v) is 1.42. The minimum Gasteiger partial charge on any atom is -0.282 e. The van der Waals surface area contributed by atoms with Gasteiger partial charge in [-0.1, -0.05) is 0 Å². The summed E-state index contributed by atoms with van der Waals surface area (Å²) in [5.74, 6) is -0.572. The van der Waals surface area contributed by atoms with Crippen molar-refractivity contribution in [2.75, 3.05) is 11.0 Å². The normalized spacial score (nSPS) is 11.3. The van der Waals surface area contributed by atoms with E-state index in [1.54, 1.807) is 6.92 Å². The Kier molecular flexibility index (Phi) is 2.51. The van der Waals surface area contributed by atoms with Crippen LogP contribution in [0.3, 0.4) is 0 Å². The van der Waals surface area contributed by atoms with Crippen LogP contribution < -0.4 is 4.72 Å². The fourth-order valence-electron chi connectivity index (χ4n) is 0.811. The smallest absolute Gasteiger partial charge is 0.229 e. The summed E-state index contributed by atoms with van der Waals surface area (Å²) in [6, 6.07) is 1.09. The van der Waals surface area contributed by atoms with Crippen LogP contribution in [-0.2, 0) is 10.0 Å². The number of hydrogen-bond donors (Lipinski definition) is 1. The van der Waals surface area contributed by atoms with Crippen molar-refractivity contribution in [1.82, 2.24) is 4.98 Å². The SMILES string of the molecule is Cc1ncc(F)cc1NS(C)(=O)=O. The van der Waals surface area contributed by atoms with E-state index in [1.165, 1.54) is 0 Å². The van der Waals surface area contributed by atoms with E-state index in [4.69, 9.17) is 0 Å². The van der Waals surface area contributed by atoms with Crippen LogP contribution in [0.15, 0.2) is 12.3 Å². The lowest BCUT2D eigenvalue weighted by Crippen LogP contribution is -2.11. The first kappa shape index (κ1) is 9.91. The van der Waals surface area contributed by atoms with E-state index in [2.05, 4.69) is 9.71 Å². The van der Waals surface area contributed by atoms with Crippen LogP contribution in [0.2, 0.25) is 0 Å². The maximum absolute atomic E-state index is 12.6. The van der Waals surface area contributed by atoms with Crippen LogP contribution in [0.5, 0.6) is 0 Å². The molecule has 1 aromatic rings. The summed E-state index contributed by atoms with van der Waals surface area (Å²) in [6.07, 6.45) is 2.03. The Balaban J connectivity index is 3.08. The third-order valence-electron chi connectivity index (χ3n) is 1.35. The second-order valence-electron chi connectivity index (χ2n) is 2.66. The average Bonchev–Trinajstić information content (AvgIpc) is 1.94. The maximum Gasteiger partial charge on any atom is 0.229 e. The van der Waals surface area contributed by atoms with Crippen molar-refractivity contribution < 1.29 is 12.8 Å². The summed E-state index contributed by atoms with van der Waals surface area (Å²) in [4.78, 5) is 3.66. The van der Waals surface area contributed by atoms with Gasteiger partial charge in [0.1, 0.15) is 5.82 Å². The fraction of sp³-hybridized carbons (Fsp3) is 0.286. The quantitative estimate of drug-likeness (QED) is 0.778. The zero-order chi connectivity index (χ0) is 10.1. The Hall–Kier alpha value is -1.17. The number of aryl methyl sites for hydroxylation is 1. The molecule has 0 aliphatic heterocycles. The van der Waals surface area contributed by atoms with E-state index < -0.39 is 15.8 Å². The summed E-state index contributed by atoms with van der Waals surface area (Å²) in [7, 11) is -3.37. The number of rotatable bonds is 2. The molecule has 4 nitrogen and oxygen atoms in total. The van der Waals surface area contributed by atoms with Crippen molar-refractivity contribution in [3.05, 3.63) is 23.8 Å². The van der Waals surface area contributed by atoms with Gasteiger partial charge in [0.25, 0.3) is 0 Å². The Morgan fingerprint density at radius 1 is 1.54 bits per heavy atom. The number of aromatic nitrogens is 1. The van der Waals surface area contributed by atoms with Crippen molar-refractivity contribution >= 4 is 15.7 Å². The molecular weight excluding hydrogens is 195 g/mol. The average molecular weight is 204 g/mol. The predicted molar refractivity (Wildman–Crippen MR) is 47.4 cm³/mol. The van der Waals surface area contributed by atoms with Gasteiger partial charge in [0.05, 0.1) is 23.8 Å². The summed E-state index contributed by atoms with van der Waals surface area (Å²) in [6.45, 7) is 1.59. The van der Waals surface area contributed by atoms with Gasteiger partial charge in [-0.3, -0.25) is 9.71 Å². The standard InChI is InChI=1S/C7H9FN2O2S/c1-5-7(10-13(2,11)12)3-6(8)4-9-5/h3-4,10H,1-2H3. The minimum absolute atomic E-state index is 0.169. The van der Waals surface area contributed by atoms with Gasteiger partial charge in [-0.2, -0.15) is 0 Å². The molecule has 1 heterocycles. The third kappa shape index (κ3) is 2.98. The van der Waals surface area contributed by atoms with Crippen LogP contribution >= 0.6 is 0 Å². The molecule has 72 valence electrons. The van der Waals surface area contributed by atoms with Crippen molar-refractivity contribution in [3.8, 4) is 0 Å². The molecule has 0 amide bonds.